The second-order valence-corrected chi connectivity index (χ2v) is 12.7. The van der Waals surface area contributed by atoms with Gasteiger partial charge in [0, 0.05) is 24.6 Å². The number of benzene rings is 2. The fraction of sp³-hybridized carbons (Fsp3) is 0.261. The second-order valence-electron chi connectivity index (χ2n) is 8.26. The average molecular weight is 600 g/mol. The number of carbonyl (C=O) groups is 1. The minimum Gasteiger partial charge on any atom is -0.491 e. The van der Waals surface area contributed by atoms with Gasteiger partial charge in [0.05, 0.1) is 35.2 Å². The molecule has 0 spiro atoms. The van der Waals surface area contributed by atoms with Crippen molar-refractivity contribution in [1.29, 1.82) is 0 Å². The molecule has 0 radical (unpaired) electrons. The number of amides is 1. The summed E-state index contributed by atoms with van der Waals surface area (Å²) < 4.78 is 46.4. The molecule has 36 heavy (non-hydrogen) atoms. The maximum atomic E-state index is 12.9. The Morgan fingerprint density at radius 2 is 1.69 bits per heavy atom. The Hall–Kier alpha value is -2.79. The number of halogens is 1. The van der Waals surface area contributed by atoms with Crippen molar-refractivity contribution in [2.24, 2.45) is 0 Å². The number of sulfone groups is 1. The van der Waals surface area contributed by atoms with Crippen LogP contribution in [0.3, 0.4) is 0 Å². The number of ether oxygens (including phenoxy) is 2. The molecule has 10 nitrogen and oxygen atoms in total. The van der Waals surface area contributed by atoms with E-state index in [9.17, 15) is 22.7 Å². The summed E-state index contributed by atoms with van der Waals surface area (Å²) in [5.41, 5.74) is 0.562. The monoisotopic (exact) mass is 599 g/mol. The van der Waals surface area contributed by atoms with E-state index in [0.29, 0.717) is 22.9 Å². The van der Waals surface area contributed by atoms with Crippen LogP contribution in [0.4, 0.5) is 5.82 Å². The van der Waals surface area contributed by atoms with Gasteiger partial charge in [0.15, 0.2) is 15.7 Å². The zero-order valence-electron chi connectivity index (χ0n) is 20.0. The maximum Gasteiger partial charge on any atom is 0.257 e. The van der Waals surface area contributed by atoms with Crippen LogP contribution in [0, 0.1) is 0 Å². The molecule has 1 aromatic heterocycles. The lowest BCUT2D eigenvalue weighted by molar-refractivity contribution is 0.102. The molecule has 3 rings (SSSR count). The van der Waals surface area contributed by atoms with Crippen molar-refractivity contribution in [2.75, 3.05) is 18.2 Å². The molecule has 2 N–H and O–H groups in total. The van der Waals surface area contributed by atoms with Gasteiger partial charge < -0.3 is 19.7 Å². The Morgan fingerprint density at radius 1 is 1.06 bits per heavy atom. The van der Waals surface area contributed by atoms with Crippen molar-refractivity contribution in [1.82, 2.24) is 9.97 Å². The van der Waals surface area contributed by atoms with Crippen molar-refractivity contribution in [3.05, 3.63) is 66.1 Å². The number of carbonyl (C=O) groups excluding carboxylic acids is 1. The van der Waals surface area contributed by atoms with Crippen LogP contribution in [0.25, 0.3) is 0 Å². The smallest absolute Gasteiger partial charge is 0.257 e. The van der Waals surface area contributed by atoms with Gasteiger partial charge in [0.2, 0.25) is 7.37 Å². The highest BCUT2D eigenvalue weighted by Gasteiger charge is 2.15. The molecule has 13 heteroatoms. The first-order valence-corrected chi connectivity index (χ1v) is 14.7. The van der Waals surface area contributed by atoms with Gasteiger partial charge in [-0.1, -0.05) is 0 Å². The number of hydrogen-bond donors (Lipinski definition) is 2. The minimum atomic E-state index is -3.34. The lowest BCUT2D eigenvalue weighted by Gasteiger charge is -2.14. The average Bonchev–Trinajstić information content (AvgIpc) is 2.73. The molecule has 0 aliphatic carbocycles. The largest absolute Gasteiger partial charge is 0.491 e. The summed E-state index contributed by atoms with van der Waals surface area (Å²) >= 11 is 0. The molecular formula is C23H27BrN3O7PS. The zero-order valence-corrected chi connectivity index (χ0v) is 23.5. The number of anilines is 1. The van der Waals surface area contributed by atoms with Gasteiger partial charge in [0.25, 0.3) is 5.91 Å². The van der Waals surface area contributed by atoms with Crippen LogP contribution in [0.5, 0.6) is 17.2 Å². The first-order chi connectivity index (χ1) is 16.3. The molecule has 3 aromatic rings. The molecule has 2 aromatic carbocycles. The molecule has 0 aliphatic heterocycles. The van der Waals surface area contributed by atoms with Gasteiger partial charge in [-0.3, -0.25) is 14.3 Å². The van der Waals surface area contributed by atoms with Gasteiger partial charge in [-0.2, -0.15) is 0 Å². The minimum absolute atomic E-state index is 0. The van der Waals surface area contributed by atoms with Crippen LogP contribution in [-0.4, -0.2) is 48.2 Å². The number of hydrogen-bond acceptors (Lipinski definition) is 8. The predicted molar refractivity (Wildman–Crippen MR) is 142 cm³/mol. The van der Waals surface area contributed by atoms with Crippen molar-refractivity contribution in [3.63, 3.8) is 0 Å². The van der Waals surface area contributed by atoms with Crippen LogP contribution < -0.4 is 14.8 Å². The van der Waals surface area contributed by atoms with E-state index in [1.165, 1.54) is 49.4 Å². The molecule has 0 saturated carbocycles. The summed E-state index contributed by atoms with van der Waals surface area (Å²) in [5, 5.41) is 2.62. The van der Waals surface area contributed by atoms with E-state index in [1.807, 2.05) is 13.8 Å². The van der Waals surface area contributed by atoms with Gasteiger partial charge in [0.1, 0.15) is 17.2 Å². The first kappa shape index (κ1) is 29.4. The quantitative estimate of drug-likeness (QED) is 0.334. The summed E-state index contributed by atoms with van der Waals surface area (Å²) in [5.74, 6) is 0.754. The Labute approximate surface area is 220 Å². The van der Waals surface area contributed by atoms with Crippen molar-refractivity contribution >= 4 is 45.9 Å². The van der Waals surface area contributed by atoms with Gasteiger partial charge in [-0.15, -0.1) is 17.0 Å². The highest BCUT2D eigenvalue weighted by Crippen LogP contribution is 2.38. The summed E-state index contributed by atoms with van der Waals surface area (Å²) in [6, 6.07) is 10.6. The second kappa shape index (κ2) is 12.0. The van der Waals surface area contributed by atoms with Gasteiger partial charge in [-0.25, -0.2) is 13.4 Å². The Kier molecular flexibility index (Phi) is 9.78. The first-order valence-electron chi connectivity index (χ1n) is 10.5. The molecule has 0 aliphatic rings. The summed E-state index contributed by atoms with van der Waals surface area (Å²) in [7, 11) is -6.63. The highest BCUT2D eigenvalue weighted by atomic mass is 79.9. The van der Waals surface area contributed by atoms with Gasteiger partial charge in [-0.05, 0) is 50.2 Å². The number of rotatable bonds is 9. The third-order valence-electron chi connectivity index (χ3n) is 4.40. The van der Waals surface area contributed by atoms with E-state index >= 15 is 0 Å². The topological polar surface area (TPSA) is 145 Å². The molecule has 1 unspecified atom stereocenters. The normalized spacial score (nSPS) is 12.8. The third-order valence-corrected chi connectivity index (χ3v) is 6.44. The fourth-order valence-electron chi connectivity index (χ4n) is 2.98. The zero-order chi connectivity index (χ0) is 25.8. The molecule has 0 fully saturated rings. The van der Waals surface area contributed by atoms with Crippen LogP contribution in [0.2, 0.25) is 0 Å². The van der Waals surface area contributed by atoms with E-state index in [0.717, 1.165) is 6.26 Å². The number of aromatic nitrogens is 2. The van der Waals surface area contributed by atoms with Crippen LogP contribution in [-0.2, 0) is 20.6 Å². The molecule has 1 amide bonds. The van der Waals surface area contributed by atoms with Gasteiger partial charge >= 0.3 is 0 Å². The Balaban J connectivity index is 0.00000456. The lowest BCUT2D eigenvalue weighted by Crippen LogP contribution is -2.14. The summed E-state index contributed by atoms with van der Waals surface area (Å²) in [4.78, 5) is 30.7. The molecule has 1 atom stereocenters. The van der Waals surface area contributed by atoms with E-state index < -0.39 is 23.1 Å². The number of nitrogens with zero attached hydrogens (tertiary/aromatic N) is 2. The van der Waals surface area contributed by atoms with Crippen molar-refractivity contribution < 1.29 is 32.1 Å². The van der Waals surface area contributed by atoms with Crippen LogP contribution in [0.1, 0.15) is 29.9 Å². The Bertz CT molecular complexity index is 1360. The van der Waals surface area contributed by atoms with Crippen molar-refractivity contribution in [2.45, 2.75) is 31.0 Å². The Morgan fingerprint density at radius 3 is 2.22 bits per heavy atom. The number of nitrogens with one attached hydrogen (secondary N) is 1. The summed E-state index contributed by atoms with van der Waals surface area (Å²) in [6.45, 7) is 4.92. The maximum absolute atomic E-state index is 12.9. The van der Waals surface area contributed by atoms with E-state index in [4.69, 9.17) is 9.47 Å². The fourth-order valence-corrected chi connectivity index (χ4v) is 4.38. The molecule has 0 bridgehead atoms. The SMILES string of the molecule is Br.CC(C)Oc1cc(Oc2ccc(S(C)(=O)=O)cc2)cc(C(=O)Nc2cnc(CP(C)(=O)O)cn2)c1. The third kappa shape index (κ3) is 9.02. The van der Waals surface area contributed by atoms with Crippen LogP contribution >= 0.6 is 24.4 Å². The molecule has 1 heterocycles. The molecule has 0 saturated heterocycles. The van der Waals surface area contributed by atoms with E-state index in [-0.39, 0.29) is 45.5 Å². The highest BCUT2D eigenvalue weighted by molar-refractivity contribution is 8.93. The molecular weight excluding hydrogens is 573 g/mol. The standard InChI is InChI=1S/C23H26N3O7PS.BrH/c1-15(2)32-19-9-16(23(27)26-22-13-24-17(12-25-22)14-34(3,28)29)10-20(11-19)33-18-5-7-21(8-6-18)35(4,30)31;/h5-13,15H,14H2,1-4H3,(H,28,29)(H,25,26,27);1H. The van der Waals surface area contributed by atoms with E-state index in [2.05, 4.69) is 15.3 Å². The van der Waals surface area contributed by atoms with Crippen molar-refractivity contribution in [3.8, 4) is 17.2 Å². The lowest BCUT2D eigenvalue weighted by atomic mass is 10.2. The van der Waals surface area contributed by atoms with E-state index in [1.54, 1.807) is 12.1 Å². The predicted octanol–water partition coefficient (Wildman–Crippen LogP) is 4.69. The molecule has 194 valence electrons. The summed E-state index contributed by atoms with van der Waals surface area (Å²) in [6.07, 6.45) is 3.48. The van der Waals surface area contributed by atoms with Crippen LogP contribution in [0.15, 0.2) is 59.8 Å².